The molecule has 0 aliphatic heterocycles. The van der Waals surface area contributed by atoms with Gasteiger partial charge in [-0.1, -0.05) is 114 Å². The molecule has 0 spiro atoms. The average molecular weight is 549 g/mol. The van der Waals surface area contributed by atoms with Gasteiger partial charge in [-0.2, -0.15) is 0 Å². The van der Waals surface area contributed by atoms with Crippen LogP contribution in [-0.4, -0.2) is 34.9 Å². The molecule has 0 unspecified atom stereocenters. The minimum atomic E-state index is -0.255. The molecule has 5 rings (SSSR count). The van der Waals surface area contributed by atoms with Crippen LogP contribution in [0.4, 0.5) is 9.93 Å². The maximum atomic E-state index is 13.5. The molecule has 1 heterocycles. The van der Waals surface area contributed by atoms with E-state index in [1.54, 1.807) is 4.90 Å². The first-order chi connectivity index (χ1) is 19.7. The Kier molecular flexibility index (Phi) is 9.17. The lowest BCUT2D eigenvalue weighted by atomic mass is 9.88. The zero-order valence-electron chi connectivity index (χ0n) is 22.2. The van der Waals surface area contributed by atoms with Crippen molar-refractivity contribution >= 4 is 38.6 Å². The lowest BCUT2D eigenvalue weighted by Crippen LogP contribution is -2.39. The maximum Gasteiger partial charge on any atom is 0.323 e. The monoisotopic (exact) mass is 548 g/mol. The predicted molar refractivity (Wildman–Crippen MR) is 162 cm³/mol. The molecule has 0 radical (unpaired) electrons. The zero-order chi connectivity index (χ0) is 27.6. The molecule has 0 aliphatic carbocycles. The second-order valence-corrected chi connectivity index (χ2v) is 10.6. The molecule has 0 saturated carbocycles. The van der Waals surface area contributed by atoms with E-state index in [9.17, 15) is 9.59 Å². The zero-order valence-corrected chi connectivity index (χ0v) is 23.0. The lowest BCUT2D eigenvalue weighted by molar-refractivity contribution is -0.121. The van der Waals surface area contributed by atoms with E-state index in [1.165, 1.54) is 22.5 Å². The third kappa shape index (κ3) is 7.33. The molecule has 202 valence electrons. The summed E-state index contributed by atoms with van der Waals surface area (Å²) in [5, 5.41) is 6.50. The first-order valence-electron chi connectivity index (χ1n) is 13.5. The Morgan fingerprint density at radius 1 is 0.750 bits per heavy atom. The Morgan fingerprint density at radius 3 is 2.00 bits per heavy atom. The summed E-state index contributed by atoms with van der Waals surface area (Å²) in [4.78, 5) is 32.5. The number of hydrogen-bond donors (Lipinski definition) is 2. The maximum absolute atomic E-state index is 13.5. The number of carbonyl (C=O) groups is 2. The Labute approximate surface area is 238 Å². The summed E-state index contributed by atoms with van der Waals surface area (Å²) in [6.45, 7) is 1.24. The molecule has 6 nitrogen and oxygen atoms in total. The van der Waals surface area contributed by atoms with Gasteiger partial charge in [0.25, 0.3) is 0 Å². The van der Waals surface area contributed by atoms with Crippen molar-refractivity contribution in [2.45, 2.75) is 25.3 Å². The van der Waals surface area contributed by atoms with Crippen LogP contribution in [0.1, 0.15) is 35.4 Å². The van der Waals surface area contributed by atoms with Gasteiger partial charge in [0, 0.05) is 32.0 Å². The first kappa shape index (κ1) is 27.1. The molecular formula is C33H32N4O2S. The van der Waals surface area contributed by atoms with E-state index >= 15 is 0 Å². The van der Waals surface area contributed by atoms with Crippen LogP contribution in [0.2, 0.25) is 0 Å². The Bertz CT molecular complexity index is 1450. The summed E-state index contributed by atoms with van der Waals surface area (Å²) >= 11 is 1.44. The van der Waals surface area contributed by atoms with Crippen LogP contribution >= 0.6 is 11.3 Å². The summed E-state index contributed by atoms with van der Waals surface area (Å²) in [5.74, 6) is 0.0244. The van der Waals surface area contributed by atoms with Crippen LogP contribution in [0.25, 0.3) is 10.2 Å². The molecule has 0 saturated heterocycles. The Morgan fingerprint density at radius 2 is 1.35 bits per heavy atom. The average Bonchev–Trinajstić information content (AvgIpc) is 3.41. The first-order valence-corrected chi connectivity index (χ1v) is 14.3. The number of anilines is 1. The highest BCUT2D eigenvalue weighted by molar-refractivity contribution is 7.22. The highest BCUT2D eigenvalue weighted by Gasteiger charge is 2.21. The number of thiazole rings is 1. The topological polar surface area (TPSA) is 74.3 Å². The van der Waals surface area contributed by atoms with Crippen molar-refractivity contribution in [2.24, 2.45) is 0 Å². The fourth-order valence-electron chi connectivity index (χ4n) is 4.71. The highest BCUT2D eigenvalue weighted by atomic mass is 32.1. The van der Waals surface area contributed by atoms with Crippen molar-refractivity contribution in [2.75, 3.05) is 18.4 Å². The van der Waals surface area contributed by atoms with Gasteiger partial charge < -0.3 is 10.2 Å². The second kappa shape index (κ2) is 13.5. The van der Waals surface area contributed by atoms with Crippen LogP contribution in [0.5, 0.6) is 0 Å². The molecule has 0 atom stereocenters. The third-order valence-electron chi connectivity index (χ3n) is 6.83. The van der Waals surface area contributed by atoms with Crippen LogP contribution < -0.4 is 10.6 Å². The van der Waals surface area contributed by atoms with Crippen molar-refractivity contribution in [1.29, 1.82) is 0 Å². The van der Waals surface area contributed by atoms with Gasteiger partial charge in [-0.15, -0.1) is 0 Å². The molecule has 2 N–H and O–H groups in total. The van der Waals surface area contributed by atoms with E-state index in [0.29, 0.717) is 31.2 Å². The SMILES string of the molecule is O=C(CCN(CCC(c1ccccc1)c1ccccc1)C(=O)Nc1nc2ccccc2s1)NCc1ccccc1. The minimum absolute atomic E-state index is 0.0932. The molecular weight excluding hydrogens is 516 g/mol. The van der Waals surface area contributed by atoms with E-state index in [0.717, 1.165) is 15.8 Å². The van der Waals surface area contributed by atoms with E-state index < -0.39 is 0 Å². The molecule has 5 aromatic rings. The van der Waals surface area contributed by atoms with Crippen LogP contribution in [0.15, 0.2) is 115 Å². The van der Waals surface area contributed by atoms with Gasteiger partial charge in [0.2, 0.25) is 5.91 Å². The van der Waals surface area contributed by atoms with E-state index in [2.05, 4.69) is 39.9 Å². The molecule has 0 fully saturated rings. The number of amides is 3. The quantitative estimate of drug-likeness (QED) is 0.186. The number of para-hydroxylation sites is 1. The number of fused-ring (bicyclic) bond motifs is 1. The number of urea groups is 1. The smallest absolute Gasteiger partial charge is 0.323 e. The molecule has 4 aromatic carbocycles. The normalized spacial score (nSPS) is 10.9. The van der Waals surface area contributed by atoms with Gasteiger partial charge in [0.15, 0.2) is 5.13 Å². The van der Waals surface area contributed by atoms with Crippen LogP contribution in [0, 0.1) is 0 Å². The summed E-state index contributed by atoms with van der Waals surface area (Å²) in [6, 6.07) is 38.0. The van der Waals surface area contributed by atoms with Crippen molar-refractivity contribution < 1.29 is 9.59 Å². The molecule has 0 bridgehead atoms. The van der Waals surface area contributed by atoms with Crippen LogP contribution in [-0.2, 0) is 11.3 Å². The van der Waals surface area contributed by atoms with Gasteiger partial charge >= 0.3 is 6.03 Å². The fourth-order valence-corrected chi connectivity index (χ4v) is 5.57. The standard InChI is InChI=1S/C33H32N4O2S/c38-31(34-24-25-12-4-1-5-13-25)21-23-37(33(39)36-32-35-29-18-10-11-19-30(29)40-32)22-20-28(26-14-6-2-7-15-26)27-16-8-3-9-17-27/h1-19,28H,20-24H2,(H,34,38)(H,35,36,39). The molecule has 40 heavy (non-hydrogen) atoms. The molecule has 0 aliphatic rings. The lowest BCUT2D eigenvalue weighted by Gasteiger charge is -2.26. The Hall–Kier alpha value is -4.49. The van der Waals surface area contributed by atoms with Crippen molar-refractivity contribution in [1.82, 2.24) is 15.2 Å². The predicted octanol–water partition coefficient (Wildman–Crippen LogP) is 7.06. The highest BCUT2D eigenvalue weighted by Crippen LogP contribution is 2.29. The van der Waals surface area contributed by atoms with Gasteiger partial charge in [-0.25, -0.2) is 9.78 Å². The molecule has 7 heteroatoms. The van der Waals surface area contributed by atoms with Crippen LogP contribution in [0.3, 0.4) is 0 Å². The van der Waals surface area contributed by atoms with Gasteiger partial charge in [-0.05, 0) is 35.2 Å². The van der Waals surface area contributed by atoms with Gasteiger partial charge in [-0.3, -0.25) is 10.1 Å². The Balaban J connectivity index is 1.29. The number of carbonyl (C=O) groups excluding carboxylic acids is 2. The van der Waals surface area contributed by atoms with Gasteiger partial charge in [0.05, 0.1) is 10.2 Å². The van der Waals surface area contributed by atoms with E-state index in [4.69, 9.17) is 0 Å². The largest absolute Gasteiger partial charge is 0.352 e. The number of hydrogen-bond acceptors (Lipinski definition) is 4. The second-order valence-electron chi connectivity index (χ2n) is 9.58. The summed E-state index contributed by atoms with van der Waals surface area (Å²) in [6.07, 6.45) is 0.925. The van der Waals surface area contributed by atoms with E-state index in [1.807, 2.05) is 91.0 Å². The molecule has 3 amide bonds. The summed E-state index contributed by atoms with van der Waals surface area (Å²) < 4.78 is 1.01. The summed E-state index contributed by atoms with van der Waals surface area (Å²) in [7, 11) is 0. The van der Waals surface area contributed by atoms with Crippen molar-refractivity contribution in [3.05, 3.63) is 132 Å². The summed E-state index contributed by atoms with van der Waals surface area (Å²) in [5.41, 5.74) is 4.28. The fraction of sp³-hybridized carbons (Fsp3) is 0.182. The third-order valence-corrected chi connectivity index (χ3v) is 7.78. The number of nitrogens with zero attached hydrogens (tertiary/aromatic N) is 2. The number of rotatable bonds is 11. The molecule has 1 aromatic heterocycles. The number of nitrogens with one attached hydrogen (secondary N) is 2. The van der Waals surface area contributed by atoms with E-state index in [-0.39, 0.29) is 24.3 Å². The van der Waals surface area contributed by atoms with Gasteiger partial charge in [0.1, 0.15) is 0 Å². The van der Waals surface area contributed by atoms with Crippen molar-refractivity contribution in [3.8, 4) is 0 Å². The number of benzene rings is 4. The van der Waals surface area contributed by atoms with Crippen molar-refractivity contribution in [3.63, 3.8) is 0 Å². The minimum Gasteiger partial charge on any atom is -0.352 e. The number of aromatic nitrogens is 1.